The zero-order chi connectivity index (χ0) is 18.7. The lowest BCUT2D eigenvalue weighted by atomic mass is 10.0. The number of amides is 1. The van der Waals surface area contributed by atoms with Crippen LogP contribution in [0, 0.1) is 0 Å². The van der Waals surface area contributed by atoms with Gasteiger partial charge in [0.15, 0.2) is 0 Å². The van der Waals surface area contributed by atoms with Crippen molar-refractivity contribution in [2.45, 2.75) is 32.7 Å². The lowest BCUT2D eigenvalue weighted by Gasteiger charge is -2.20. The average molecular weight is 349 g/mol. The number of tetrazole rings is 1. The van der Waals surface area contributed by atoms with Gasteiger partial charge >= 0.3 is 0 Å². The Hall–Kier alpha value is -3.02. The minimum Gasteiger partial charge on any atom is -0.314 e. The normalized spacial score (nSPS) is 12.2. The first-order chi connectivity index (χ1) is 12.5. The number of rotatable bonds is 5. The van der Waals surface area contributed by atoms with Crippen LogP contribution in [-0.2, 0) is 4.79 Å². The van der Waals surface area contributed by atoms with Crippen molar-refractivity contribution in [1.29, 1.82) is 0 Å². The molecule has 1 atom stereocenters. The third-order valence-electron chi connectivity index (χ3n) is 4.44. The Kier molecular flexibility index (Phi) is 5.11. The molecular formula is C20H23N5O. The van der Waals surface area contributed by atoms with Gasteiger partial charge < -0.3 is 4.90 Å². The fourth-order valence-corrected chi connectivity index (χ4v) is 2.68. The summed E-state index contributed by atoms with van der Waals surface area (Å²) >= 11 is 0. The number of hydrogen-bond donors (Lipinski definition) is 0. The lowest BCUT2D eigenvalue weighted by Crippen LogP contribution is -2.34. The van der Waals surface area contributed by atoms with Crippen LogP contribution in [0.25, 0.3) is 11.4 Å². The van der Waals surface area contributed by atoms with Gasteiger partial charge in [0.25, 0.3) is 5.91 Å². The van der Waals surface area contributed by atoms with Crippen molar-refractivity contribution in [3.8, 4) is 11.4 Å². The Bertz CT molecular complexity index is 871. The zero-order valence-electron chi connectivity index (χ0n) is 15.5. The summed E-state index contributed by atoms with van der Waals surface area (Å²) in [6, 6.07) is 17.1. The fraction of sp³-hybridized carbons (Fsp3) is 0.300. The summed E-state index contributed by atoms with van der Waals surface area (Å²) < 4.78 is 0. The predicted molar refractivity (Wildman–Crippen MR) is 102 cm³/mol. The molecule has 1 amide bonds. The van der Waals surface area contributed by atoms with E-state index in [9.17, 15) is 4.79 Å². The van der Waals surface area contributed by atoms with Crippen LogP contribution in [0.5, 0.6) is 0 Å². The molecule has 0 fully saturated rings. The maximum Gasteiger partial charge on any atom is 0.253 e. The second-order valence-corrected chi connectivity index (χ2v) is 6.62. The molecule has 0 saturated carbocycles. The Morgan fingerprint density at radius 2 is 1.65 bits per heavy atom. The summed E-state index contributed by atoms with van der Waals surface area (Å²) in [5.74, 6) is 0.886. The third-order valence-corrected chi connectivity index (χ3v) is 4.44. The minimum absolute atomic E-state index is 0.102. The molecule has 26 heavy (non-hydrogen) atoms. The van der Waals surface area contributed by atoms with E-state index in [0.29, 0.717) is 11.7 Å². The minimum atomic E-state index is -0.545. The number of aromatic nitrogens is 4. The smallest absolute Gasteiger partial charge is 0.253 e. The standard InChI is InChI=1S/C20H23N5O/c1-14(2)16-10-12-17(13-11-16)19-21-23-25(22-19)15(3)20(26)24(4)18-8-6-5-7-9-18/h5-15H,1-4H3/t15-/m1/s1. The van der Waals surface area contributed by atoms with Gasteiger partial charge in [0.1, 0.15) is 6.04 Å². The molecule has 0 aliphatic rings. The van der Waals surface area contributed by atoms with Gasteiger partial charge in [-0.05, 0) is 35.8 Å². The molecule has 0 aliphatic heterocycles. The molecule has 1 aromatic heterocycles. The molecule has 0 saturated heterocycles. The van der Waals surface area contributed by atoms with Gasteiger partial charge in [-0.1, -0.05) is 56.3 Å². The Balaban J connectivity index is 1.77. The molecule has 0 aliphatic carbocycles. The van der Waals surface area contributed by atoms with Gasteiger partial charge in [-0.15, -0.1) is 10.2 Å². The van der Waals surface area contributed by atoms with Crippen molar-refractivity contribution >= 4 is 11.6 Å². The van der Waals surface area contributed by atoms with E-state index in [1.165, 1.54) is 10.4 Å². The summed E-state index contributed by atoms with van der Waals surface area (Å²) in [5, 5.41) is 12.6. The SMILES string of the molecule is CC(C)c1ccc(-c2nnn([C@H](C)C(=O)N(C)c3ccccc3)n2)cc1. The molecule has 0 spiro atoms. The van der Waals surface area contributed by atoms with Crippen LogP contribution in [0.4, 0.5) is 5.69 Å². The molecule has 0 radical (unpaired) electrons. The van der Waals surface area contributed by atoms with E-state index in [-0.39, 0.29) is 5.91 Å². The highest BCUT2D eigenvalue weighted by molar-refractivity contribution is 5.95. The second-order valence-electron chi connectivity index (χ2n) is 6.62. The number of benzene rings is 2. The van der Waals surface area contributed by atoms with E-state index >= 15 is 0 Å². The van der Waals surface area contributed by atoms with E-state index in [4.69, 9.17) is 0 Å². The predicted octanol–water partition coefficient (Wildman–Crippen LogP) is 3.69. The molecule has 0 unspecified atom stereocenters. The van der Waals surface area contributed by atoms with Crippen molar-refractivity contribution in [3.05, 3.63) is 60.2 Å². The van der Waals surface area contributed by atoms with Gasteiger partial charge in [-0.2, -0.15) is 4.80 Å². The van der Waals surface area contributed by atoms with E-state index < -0.39 is 6.04 Å². The molecule has 6 nitrogen and oxygen atoms in total. The third kappa shape index (κ3) is 3.64. The van der Waals surface area contributed by atoms with E-state index in [1.54, 1.807) is 18.9 Å². The van der Waals surface area contributed by atoms with Crippen LogP contribution >= 0.6 is 0 Å². The fourth-order valence-electron chi connectivity index (χ4n) is 2.68. The number of anilines is 1. The quantitative estimate of drug-likeness (QED) is 0.705. The van der Waals surface area contributed by atoms with Crippen LogP contribution in [-0.4, -0.2) is 33.2 Å². The average Bonchev–Trinajstić information content (AvgIpc) is 3.17. The number of carbonyl (C=O) groups is 1. The highest BCUT2D eigenvalue weighted by Crippen LogP contribution is 2.21. The number of carbonyl (C=O) groups excluding carboxylic acids is 1. The Morgan fingerprint density at radius 1 is 1.00 bits per heavy atom. The van der Waals surface area contributed by atoms with Gasteiger partial charge in [0, 0.05) is 18.3 Å². The van der Waals surface area contributed by atoms with Crippen molar-refractivity contribution in [2.24, 2.45) is 0 Å². The van der Waals surface area contributed by atoms with Crippen LogP contribution in [0.3, 0.4) is 0 Å². The number of nitrogens with zero attached hydrogens (tertiary/aromatic N) is 5. The van der Waals surface area contributed by atoms with E-state index in [1.807, 2.05) is 42.5 Å². The first-order valence-electron chi connectivity index (χ1n) is 8.70. The molecule has 1 heterocycles. The van der Waals surface area contributed by atoms with Gasteiger partial charge in [-0.25, -0.2) is 0 Å². The number of para-hydroxylation sites is 1. The van der Waals surface area contributed by atoms with Crippen molar-refractivity contribution in [3.63, 3.8) is 0 Å². The van der Waals surface area contributed by atoms with E-state index in [2.05, 4.69) is 41.4 Å². The molecule has 0 bridgehead atoms. The van der Waals surface area contributed by atoms with Gasteiger partial charge in [0.05, 0.1) is 0 Å². The molecule has 3 aromatic rings. The lowest BCUT2D eigenvalue weighted by molar-refractivity contribution is -0.121. The maximum atomic E-state index is 12.7. The molecule has 2 aromatic carbocycles. The highest BCUT2D eigenvalue weighted by atomic mass is 16.2. The number of hydrogen-bond acceptors (Lipinski definition) is 4. The summed E-state index contributed by atoms with van der Waals surface area (Å²) in [6.45, 7) is 6.08. The monoisotopic (exact) mass is 349 g/mol. The molecule has 6 heteroatoms. The maximum absolute atomic E-state index is 12.7. The Morgan fingerprint density at radius 3 is 2.27 bits per heavy atom. The summed E-state index contributed by atoms with van der Waals surface area (Å²) in [4.78, 5) is 15.7. The zero-order valence-corrected chi connectivity index (χ0v) is 15.5. The van der Waals surface area contributed by atoms with Crippen LogP contribution in [0.1, 0.15) is 38.3 Å². The largest absolute Gasteiger partial charge is 0.314 e. The Labute approximate surface area is 153 Å². The highest BCUT2D eigenvalue weighted by Gasteiger charge is 2.23. The summed E-state index contributed by atoms with van der Waals surface area (Å²) in [5.41, 5.74) is 2.97. The topological polar surface area (TPSA) is 63.9 Å². The van der Waals surface area contributed by atoms with Gasteiger partial charge in [-0.3, -0.25) is 4.79 Å². The van der Waals surface area contributed by atoms with Crippen LogP contribution < -0.4 is 4.90 Å². The van der Waals surface area contributed by atoms with Gasteiger partial charge in [0.2, 0.25) is 5.82 Å². The van der Waals surface area contributed by atoms with E-state index in [0.717, 1.165) is 11.3 Å². The number of likely N-dealkylation sites (N-methyl/N-ethyl adjacent to an activating group) is 1. The first-order valence-corrected chi connectivity index (χ1v) is 8.70. The van der Waals surface area contributed by atoms with Crippen LogP contribution in [0.2, 0.25) is 0 Å². The van der Waals surface area contributed by atoms with Crippen LogP contribution in [0.15, 0.2) is 54.6 Å². The molecule has 134 valence electrons. The summed E-state index contributed by atoms with van der Waals surface area (Å²) in [6.07, 6.45) is 0. The second kappa shape index (κ2) is 7.47. The van der Waals surface area contributed by atoms with Crippen molar-refractivity contribution in [2.75, 3.05) is 11.9 Å². The molecule has 3 rings (SSSR count). The summed E-state index contributed by atoms with van der Waals surface area (Å²) in [7, 11) is 1.75. The van der Waals surface area contributed by atoms with Crippen molar-refractivity contribution in [1.82, 2.24) is 20.2 Å². The molecule has 0 N–H and O–H groups in total. The first kappa shape index (κ1) is 17.8. The molecular weight excluding hydrogens is 326 g/mol. The van der Waals surface area contributed by atoms with Crippen molar-refractivity contribution < 1.29 is 4.79 Å².